The van der Waals surface area contributed by atoms with Crippen LogP contribution in [-0.2, 0) is 9.53 Å². The fraction of sp³-hybridized carbons (Fsp3) is 0.292. The summed E-state index contributed by atoms with van der Waals surface area (Å²) in [5, 5.41) is 13.6. The Morgan fingerprint density at radius 2 is 2.09 bits per heavy atom. The van der Waals surface area contributed by atoms with Crippen molar-refractivity contribution in [2.45, 2.75) is 24.1 Å². The number of fused-ring (bicyclic) bond motifs is 1. The number of amides is 1. The highest BCUT2D eigenvalue weighted by Gasteiger charge is 2.21. The van der Waals surface area contributed by atoms with Crippen molar-refractivity contribution in [3.63, 3.8) is 0 Å². The molecule has 8 nitrogen and oxygen atoms in total. The van der Waals surface area contributed by atoms with Crippen LogP contribution < -0.4 is 10.1 Å². The molecule has 0 aliphatic carbocycles. The number of carbonyl (C=O) groups is 1. The molecular formula is C24H25N5O3S. The Labute approximate surface area is 195 Å². The minimum absolute atomic E-state index is 0.0478. The first-order valence-electron chi connectivity index (χ1n) is 10.9. The number of hydrogen-bond acceptors (Lipinski definition) is 6. The number of hydrogen-bond donors (Lipinski definition) is 2. The largest absolute Gasteiger partial charge is 0.497 e. The van der Waals surface area contributed by atoms with Crippen LogP contribution in [0.4, 0.5) is 0 Å². The van der Waals surface area contributed by atoms with E-state index in [-0.39, 0.29) is 17.8 Å². The Morgan fingerprint density at radius 3 is 2.88 bits per heavy atom. The Hall–Kier alpha value is -3.30. The van der Waals surface area contributed by atoms with Crippen LogP contribution in [0.25, 0.3) is 28.0 Å². The highest BCUT2D eigenvalue weighted by molar-refractivity contribution is 7.99. The second kappa shape index (κ2) is 9.68. The van der Waals surface area contributed by atoms with Crippen molar-refractivity contribution in [3.05, 3.63) is 54.7 Å². The van der Waals surface area contributed by atoms with Gasteiger partial charge < -0.3 is 19.8 Å². The Balaban J connectivity index is 1.43. The van der Waals surface area contributed by atoms with Gasteiger partial charge in [0.2, 0.25) is 5.91 Å². The summed E-state index contributed by atoms with van der Waals surface area (Å²) in [7, 11) is 1.64. The number of ether oxygens (including phenoxy) is 2. The summed E-state index contributed by atoms with van der Waals surface area (Å²) in [6.07, 6.45) is 4.11. The van der Waals surface area contributed by atoms with E-state index in [0.29, 0.717) is 17.5 Å². The SMILES string of the molecule is COc1ccc(-n2c(SCC(=O)NC[C@H]3CCCO3)nnc2-c2c[nH]c3ccccc23)cc1. The number of para-hydroxylation sites is 1. The molecule has 0 saturated carbocycles. The number of aromatic amines is 1. The summed E-state index contributed by atoms with van der Waals surface area (Å²) in [6.45, 7) is 1.32. The number of rotatable bonds is 8. The molecular weight excluding hydrogens is 438 g/mol. The lowest BCUT2D eigenvalue weighted by Crippen LogP contribution is -2.32. The maximum atomic E-state index is 12.4. The molecule has 170 valence electrons. The number of aromatic nitrogens is 4. The molecule has 9 heteroatoms. The van der Waals surface area contributed by atoms with Gasteiger partial charge >= 0.3 is 0 Å². The quantitative estimate of drug-likeness (QED) is 0.386. The molecule has 1 aliphatic rings. The lowest BCUT2D eigenvalue weighted by atomic mass is 10.1. The normalized spacial score (nSPS) is 15.7. The number of nitrogens with one attached hydrogen (secondary N) is 2. The fourth-order valence-electron chi connectivity index (χ4n) is 3.97. The van der Waals surface area contributed by atoms with Crippen LogP contribution in [0.5, 0.6) is 5.75 Å². The molecule has 5 rings (SSSR count). The number of methoxy groups -OCH3 is 1. The van der Waals surface area contributed by atoms with Crippen molar-refractivity contribution in [3.8, 4) is 22.8 Å². The van der Waals surface area contributed by atoms with E-state index in [9.17, 15) is 4.79 Å². The summed E-state index contributed by atoms with van der Waals surface area (Å²) in [6, 6.07) is 15.8. The van der Waals surface area contributed by atoms with Crippen molar-refractivity contribution < 1.29 is 14.3 Å². The van der Waals surface area contributed by atoms with E-state index in [0.717, 1.165) is 47.4 Å². The van der Waals surface area contributed by atoms with Gasteiger partial charge in [0, 0.05) is 41.5 Å². The highest BCUT2D eigenvalue weighted by Crippen LogP contribution is 2.32. The molecule has 1 aliphatic heterocycles. The second-order valence-electron chi connectivity index (χ2n) is 7.82. The van der Waals surface area contributed by atoms with E-state index in [2.05, 4.69) is 26.6 Å². The third-order valence-corrected chi connectivity index (χ3v) is 6.61. The minimum Gasteiger partial charge on any atom is -0.497 e. The van der Waals surface area contributed by atoms with E-state index in [1.807, 2.05) is 53.2 Å². The van der Waals surface area contributed by atoms with E-state index < -0.39 is 0 Å². The second-order valence-corrected chi connectivity index (χ2v) is 8.76. The molecule has 0 bridgehead atoms. The fourth-order valence-corrected chi connectivity index (χ4v) is 4.75. The number of nitrogens with zero attached hydrogens (tertiary/aromatic N) is 3. The Morgan fingerprint density at radius 1 is 1.24 bits per heavy atom. The van der Waals surface area contributed by atoms with Crippen LogP contribution in [0, 0.1) is 0 Å². The first kappa shape index (κ1) is 21.5. The molecule has 0 radical (unpaired) electrons. The maximum absolute atomic E-state index is 12.4. The van der Waals surface area contributed by atoms with Crippen LogP contribution in [-0.4, -0.2) is 57.8 Å². The molecule has 1 saturated heterocycles. The van der Waals surface area contributed by atoms with E-state index in [1.54, 1.807) is 7.11 Å². The number of benzene rings is 2. The summed E-state index contributed by atoms with van der Waals surface area (Å²) >= 11 is 1.36. The van der Waals surface area contributed by atoms with Gasteiger partial charge in [0.1, 0.15) is 5.75 Å². The third kappa shape index (κ3) is 4.60. The summed E-state index contributed by atoms with van der Waals surface area (Å²) in [5.41, 5.74) is 2.87. The van der Waals surface area contributed by atoms with Crippen molar-refractivity contribution in [1.29, 1.82) is 0 Å². The lowest BCUT2D eigenvalue weighted by Gasteiger charge is -2.12. The molecule has 33 heavy (non-hydrogen) atoms. The molecule has 4 aromatic rings. The van der Waals surface area contributed by atoms with Gasteiger partial charge in [0.25, 0.3) is 0 Å². The zero-order valence-electron chi connectivity index (χ0n) is 18.3. The maximum Gasteiger partial charge on any atom is 0.230 e. The third-order valence-electron chi connectivity index (χ3n) is 5.68. The van der Waals surface area contributed by atoms with Crippen LogP contribution in [0.1, 0.15) is 12.8 Å². The van der Waals surface area contributed by atoms with Gasteiger partial charge in [0.15, 0.2) is 11.0 Å². The van der Waals surface area contributed by atoms with Crippen molar-refractivity contribution in [2.24, 2.45) is 0 Å². The zero-order chi connectivity index (χ0) is 22.6. The smallest absolute Gasteiger partial charge is 0.230 e. The topological polar surface area (TPSA) is 94.1 Å². The summed E-state index contributed by atoms with van der Waals surface area (Å²) < 4.78 is 12.9. The van der Waals surface area contributed by atoms with Gasteiger partial charge in [-0.05, 0) is 43.2 Å². The predicted molar refractivity (Wildman–Crippen MR) is 128 cm³/mol. The van der Waals surface area contributed by atoms with Crippen LogP contribution in [0.15, 0.2) is 59.9 Å². The average Bonchev–Trinajstić information content (AvgIpc) is 3.61. The van der Waals surface area contributed by atoms with Gasteiger partial charge in [-0.1, -0.05) is 30.0 Å². The predicted octanol–water partition coefficient (Wildman–Crippen LogP) is 3.81. The average molecular weight is 464 g/mol. The summed E-state index contributed by atoms with van der Waals surface area (Å²) in [5.74, 6) is 1.67. The van der Waals surface area contributed by atoms with Gasteiger partial charge in [0.05, 0.1) is 19.0 Å². The van der Waals surface area contributed by atoms with Crippen molar-refractivity contribution >= 4 is 28.6 Å². The monoisotopic (exact) mass is 463 g/mol. The Kier molecular flexibility index (Phi) is 6.32. The standard InChI is InChI=1S/C24H25N5O3S/c1-31-17-10-8-16(9-11-17)29-23(20-14-25-21-7-3-2-6-19(20)21)27-28-24(29)33-15-22(30)26-13-18-5-4-12-32-18/h2-3,6-11,14,18,25H,4-5,12-13,15H2,1H3,(H,26,30)/t18-/m1/s1. The molecule has 2 aromatic heterocycles. The zero-order valence-corrected chi connectivity index (χ0v) is 19.1. The molecule has 2 N–H and O–H groups in total. The van der Waals surface area contributed by atoms with Gasteiger partial charge in [-0.3, -0.25) is 9.36 Å². The van der Waals surface area contributed by atoms with E-state index in [1.165, 1.54) is 11.8 Å². The van der Waals surface area contributed by atoms with Crippen molar-refractivity contribution in [1.82, 2.24) is 25.1 Å². The van der Waals surface area contributed by atoms with E-state index in [4.69, 9.17) is 9.47 Å². The lowest BCUT2D eigenvalue weighted by molar-refractivity contribution is -0.119. The molecule has 1 fully saturated rings. The van der Waals surface area contributed by atoms with Crippen molar-refractivity contribution in [2.75, 3.05) is 26.0 Å². The molecule has 3 heterocycles. The molecule has 0 spiro atoms. The molecule has 1 atom stereocenters. The van der Waals surface area contributed by atoms with E-state index >= 15 is 0 Å². The minimum atomic E-state index is -0.0478. The van der Waals surface area contributed by atoms with Crippen LogP contribution in [0.2, 0.25) is 0 Å². The number of thioether (sulfide) groups is 1. The first-order chi connectivity index (χ1) is 16.2. The van der Waals surface area contributed by atoms with Gasteiger partial charge in [-0.15, -0.1) is 10.2 Å². The van der Waals surface area contributed by atoms with Gasteiger partial charge in [-0.2, -0.15) is 0 Å². The first-order valence-corrected chi connectivity index (χ1v) is 11.9. The number of H-pyrrole nitrogens is 1. The Bertz CT molecular complexity index is 1240. The van der Waals surface area contributed by atoms with Crippen LogP contribution >= 0.6 is 11.8 Å². The highest BCUT2D eigenvalue weighted by atomic mass is 32.2. The molecule has 2 aromatic carbocycles. The molecule has 0 unspecified atom stereocenters. The number of carbonyl (C=O) groups excluding carboxylic acids is 1. The van der Waals surface area contributed by atoms with Crippen LogP contribution in [0.3, 0.4) is 0 Å². The summed E-state index contributed by atoms with van der Waals surface area (Å²) in [4.78, 5) is 15.8. The van der Waals surface area contributed by atoms with Gasteiger partial charge in [-0.25, -0.2) is 0 Å². The molecule has 1 amide bonds.